The molecule has 0 amide bonds. The molecule has 3 rings (SSSR count). The molecule has 0 aliphatic heterocycles. The van der Waals surface area contributed by atoms with Crippen molar-refractivity contribution in [2.75, 3.05) is 0 Å². The molecule has 0 radical (unpaired) electrons. The van der Waals surface area contributed by atoms with Crippen LogP contribution in [0.25, 0.3) is 11.0 Å². The highest BCUT2D eigenvalue weighted by Gasteiger charge is 2.14. The van der Waals surface area contributed by atoms with Gasteiger partial charge in [0.05, 0.1) is 12.6 Å². The minimum absolute atomic E-state index is 0.106. The lowest BCUT2D eigenvalue weighted by Gasteiger charge is -2.18. The summed E-state index contributed by atoms with van der Waals surface area (Å²) >= 11 is 6.00. The molecular weight excluding hydrogens is 288 g/mol. The van der Waals surface area contributed by atoms with Crippen LogP contribution >= 0.6 is 11.6 Å². The Bertz CT molecular complexity index is 722. The molecule has 3 aromatic rings. The van der Waals surface area contributed by atoms with Gasteiger partial charge in [0.25, 0.3) is 0 Å². The van der Waals surface area contributed by atoms with Gasteiger partial charge in [-0.1, -0.05) is 11.6 Å². The average molecular weight is 305 g/mol. The molecule has 0 saturated heterocycles. The molecule has 0 aliphatic rings. The maximum Gasteiger partial charge on any atom is 0.137 e. The SMILES string of the molecule is CC(Cn1cncn1)NC(C)c1cc2cc(Cl)ccc2o1. The van der Waals surface area contributed by atoms with Crippen LogP contribution in [-0.4, -0.2) is 20.8 Å². The van der Waals surface area contributed by atoms with Gasteiger partial charge >= 0.3 is 0 Å². The van der Waals surface area contributed by atoms with E-state index < -0.39 is 0 Å². The van der Waals surface area contributed by atoms with E-state index in [0.717, 1.165) is 28.3 Å². The number of benzene rings is 1. The van der Waals surface area contributed by atoms with Crippen LogP contribution in [0.2, 0.25) is 5.02 Å². The number of rotatable bonds is 5. The minimum Gasteiger partial charge on any atom is -0.459 e. The van der Waals surface area contributed by atoms with E-state index in [1.165, 1.54) is 0 Å². The second-order valence-corrected chi connectivity index (χ2v) is 5.67. The summed E-state index contributed by atoms with van der Waals surface area (Å²) in [6.45, 7) is 4.95. The number of fused-ring (bicyclic) bond motifs is 1. The van der Waals surface area contributed by atoms with Crippen LogP contribution in [0, 0.1) is 0 Å². The van der Waals surface area contributed by atoms with E-state index in [0.29, 0.717) is 0 Å². The Morgan fingerprint density at radius 3 is 2.95 bits per heavy atom. The summed E-state index contributed by atoms with van der Waals surface area (Å²) in [7, 11) is 0. The van der Waals surface area contributed by atoms with E-state index in [-0.39, 0.29) is 12.1 Å². The summed E-state index contributed by atoms with van der Waals surface area (Å²) in [6, 6.07) is 8.03. The van der Waals surface area contributed by atoms with Gasteiger partial charge in [-0.25, -0.2) is 4.98 Å². The van der Waals surface area contributed by atoms with E-state index >= 15 is 0 Å². The molecule has 2 unspecified atom stereocenters. The number of furan rings is 1. The van der Waals surface area contributed by atoms with Crippen molar-refractivity contribution in [3.8, 4) is 0 Å². The molecule has 0 spiro atoms. The van der Waals surface area contributed by atoms with Gasteiger partial charge in [-0.3, -0.25) is 4.68 Å². The maximum atomic E-state index is 6.00. The lowest BCUT2D eigenvalue weighted by atomic mass is 10.2. The molecule has 0 fully saturated rings. The second-order valence-electron chi connectivity index (χ2n) is 5.24. The van der Waals surface area contributed by atoms with Gasteiger partial charge in [-0.2, -0.15) is 5.10 Å². The largest absolute Gasteiger partial charge is 0.459 e. The van der Waals surface area contributed by atoms with Crippen molar-refractivity contribution < 1.29 is 4.42 Å². The minimum atomic E-state index is 0.106. The van der Waals surface area contributed by atoms with Gasteiger partial charge in [0.2, 0.25) is 0 Å². The van der Waals surface area contributed by atoms with E-state index in [4.69, 9.17) is 16.0 Å². The van der Waals surface area contributed by atoms with Crippen molar-refractivity contribution in [3.63, 3.8) is 0 Å². The van der Waals surface area contributed by atoms with Crippen LogP contribution in [-0.2, 0) is 6.54 Å². The van der Waals surface area contributed by atoms with Crippen LogP contribution in [0.4, 0.5) is 0 Å². The molecule has 2 atom stereocenters. The monoisotopic (exact) mass is 304 g/mol. The normalized spacial score (nSPS) is 14.4. The molecule has 5 nitrogen and oxygen atoms in total. The van der Waals surface area contributed by atoms with Crippen LogP contribution in [0.1, 0.15) is 25.6 Å². The summed E-state index contributed by atoms with van der Waals surface area (Å²) in [5.41, 5.74) is 0.854. The smallest absolute Gasteiger partial charge is 0.137 e. The topological polar surface area (TPSA) is 55.9 Å². The molecule has 1 N–H and O–H groups in total. The van der Waals surface area contributed by atoms with Crippen LogP contribution in [0.15, 0.2) is 41.3 Å². The highest BCUT2D eigenvalue weighted by molar-refractivity contribution is 6.31. The molecule has 2 heterocycles. The lowest BCUT2D eigenvalue weighted by Crippen LogP contribution is -2.32. The zero-order valence-electron chi connectivity index (χ0n) is 12.0. The summed E-state index contributed by atoms with van der Waals surface area (Å²) < 4.78 is 7.67. The van der Waals surface area contributed by atoms with Gasteiger partial charge in [-0.15, -0.1) is 0 Å². The number of aromatic nitrogens is 3. The second kappa shape index (κ2) is 5.87. The van der Waals surface area contributed by atoms with Crippen molar-refractivity contribution in [2.24, 2.45) is 0 Å². The van der Waals surface area contributed by atoms with E-state index in [2.05, 4.69) is 29.2 Å². The van der Waals surface area contributed by atoms with Gasteiger partial charge < -0.3 is 9.73 Å². The van der Waals surface area contributed by atoms with Crippen molar-refractivity contribution >= 4 is 22.6 Å². The van der Waals surface area contributed by atoms with E-state index in [9.17, 15) is 0 Å². The highest BCUT2D eigenvalue weighted by atomic mass is 35.5. The summed E-state index contributed by atoms with van der Waals surface area (Å²) in [6.07, 6.45) is 3.26. The van der Waals surface area contributed by atoms with Crippen LogP contribution in [0.3, 0.4) is 0 Å². The van der Waals surface area contributed by atoms with Crippen molar-refractivity contribution in [3.05, 3.63) is 47.7 Å². The Morgan fingerprint density at radius 2 is 2.19 bits per heavy atom. The van der Waals surface area contributed by atoms with E-state index in [1.807, 2.05) is 28.9 Å². The first-order valence-corrected chi connectivity index (χ1v) is 7.27. The number of hydrogen-bond donors (Lipinski definition) is 1. The Kier molecular flexibility index (Phi) is 3.94. The molecule has 0 aliphatic carbocycles. The van der Waals surface area contributed by atoms with Crippen molar-refractivity contribution in [1.82, 2.24) is 20.1 Å². The van der Waals surface area contributed by atoms with Gasteiger partial charge in [0, 0.05) is 16.5 Å². The molecule has 6 heteroatoms. The summed E-state index contributed by atoms with van der Waals surface area (Å²) in [5, 5.41) is 9.34. The zero-order chi connectivity index (χ0) is 14.8. The predicted molar refractivity (Wildman–Crippen MR) is 82.3 cm³/mol. The maximum absolute atomic E-state index is 6.00. The summed E-state index contributed by atoms with van der Waals surface area (Å²) in [5.74, 6) is 0.901. The zero-order valence-corrected chi connectivity index (χ0v) is 12.7. The molecule has 110 valence electrons. The first-order valence-electron chi connectivity index (χ1n) is 6.89. The van der Waals surface area contributed by atoms with Crippen molar-refractivity contribution in [1.29, 1.82) is 0 Å². The van der Waals surface area contributed by atoms with Gasteiger partial charge in [0.1, 0.15) is 24.0 Å². The van der Waals surface area contributed by atoms with Crippen LogP contribution < -0.4 is 5.32 Å². The Hall–Kier alpha value is -1.85. The number of nitrogens with zero attached hydrogens (tertiary/aromatic N) is 3. The van der Waals surface area contributed by atoms with Gasteiger partial charge in [0.15, 0.2) is 0 Å². The van der Waals surface area contributed by atoms with E-state index in [1.54, 1.807) is 12.7 Å². The van der Waals surface area contributed by atoms with Gasteiger partial charge in [-0.05, 0) is 38.1 Å². The molecule has 1 aromatic carbocycles. The molecule has 0 saturated carbocycles. The molecule has 0 bridgehead atoms. The van der Waals surface area contributed by atoms with Crippen LogP contribution in [0.5, 0.6) is 0 Å². The first-order chi connectivity index (χ1) is 10.1. The fourth-order valence-electron chi connectivity index (χ4n) is 2.42. The first kappa shape index (κ1) is 14.1. The predicted octanol–water partition coefficient (Wildman–Crippen LogP) is 3.42. The Morgan fingerprint density at radius 1 is 1.33 bits per heavy atom. The molecular formula is C15H17ClN4O. The third-order valence-corrected chi connectivity index (χ3v) is 3.62. The highest BCUT2D eigenvalue weighted by Crippen LogP contribution is 2.26. The Labute approximate surface area is 127 Å². The standard InChI is InChI=1S/C15H17ClN4O/c1-10(7-20-9-17-8-18-20)19-11(2)15-6-12-5-13(16)3-4-14(12)21-15/h3-6,8-11,19H,7H2,1-2H3. The summed E-state index contributed by atoms with van der Waals surface area (Å²) in [4.78, 5) is 3.94. The number of hydrogen-bond acceptors (Lipinski definition) is 4. The molecule has 2 aromatic heterocycles. The average Bonchev–Trinajstić information content (AvgIpc) is 3.06. The molecule has 21 heavy (non-hydrogen) atoms. The number of halogens is 1. The van der Waals surface area contributed by atoms with Crippen molar-refractivity contribution in [2.45, 2.75) is 32.5 Å². The lowest BCUT2D eigenvalue weighted by molar-refractivity contribution is 0.376. The fraction of sp³-hybridized carbons (Fsp3) is 0.333. The number of nitrogens with one attached hydrogen (secondary N) is 1. The fourth-order valence-corrected chi connectivity index (χ4v) is 2.60. The third kappa shape index (κ3) is 3.25. The Balaban J connectivity index is 1.69. The quantitative estimate of drug-likeness (QED) is 0.785. The third-order valence-electron chi connectivity index (χ3n) is 3.39.